The molecule has 0 saturated heterocycles. The summed E-state index contributed by atoms with van der Waals surface area (Å²) in [6.07, 6.45) is 6.20. The van der Waals surface area contributed by atoms with Crippen molar-refractivity contribution in [2.75, 3.05) is 0 Å². The first kappa shape index (κ1) is 15.8. The third kappa shape index (κ3) is 2.34. The molecule has 0 bridgehead atoms. The molecule has 2 saturated carbocycles. The number of aliphatic hydroxyl groups is 1. The molecule has 1 aromatic carbocycles. The zero-order valence-corrected chi connectivity index (χ0v) is 14.9. The zero-order valence-electron chi connectivity index (χ0n) is 14.1. The fraction of sp³-hybridized carbons (Fsp3) is 0.389. The molecule has 2 fully saturated rings. The van der Waals surface area contributed by atoms with Crippen LogP contribution in [0.4, 0.5) is 0 Å². The lowest BCUT2D eigenvalue weighted by Gasteiger charge is -2.27. The van der Waals surface area contributed by atoms with E-state index >= 15 is 0 Å². The molecule has 7 nitrogen and oxygen atoms in total. The van der Waals surface area contributed by atoms with Crippen LogP contribution in [0.2, 0.25) is 5.02 Å². The van der Waals surface area contributed by atoms with Gasteiger partial charge in [-0.15, -0.1) is 0 Å². The molecule has 2 aromatic heterocycles. The van der Waals surface area contributed by atoms with Crippen LogP contribution in [0, 0.1) is 11.8 Å². The number of H-pyrrole nitrogens is 1. The third-order valence-corrected chi connectivity index (χ3v) is 5.99. The van der Waals surface area contributed by atoms with Crippen molar-refractivity contribution in [2.24, 2.45) is 18.9 Å². The van der Waals surface area contributed by atoms with Gasteiger partial charge in [0.2, 0.25) is 0 Å². The second-order valence-electron chi connectivity index (χ2n) is 7.45. The Balaban J connectivity index is 1.33. The Labute approximate surface area is 154 Å². The highest BCUT2D eigenvalue weighted by molar-refractivity contribution is 6.31. The van der Waals surface area contributed by atoms with Gasteiger partial charge < -0.3 is 10.4 Å². The molecule has 3 N–H and O–H groups in total. The number of rotatable bonds is 3. The summed E-state index contributed by atoms with van der Waals surface area (Å²) in [4.78, 5) is 12.3. The monoisotopic (exact) mass is 371 g/mol. The first-order chi connectivity index (χ1) is 12.4. The number of hydrogen-bond acceptors (Lipinski definition) is 4. The van der Waals surface area contributed by atoms with Crippen LogP contribution in [-0.2, 0) is 12.6 Å². The molecule has 0 spiro atoms. The second-order valence-corrected chi connectivity index (χ2v) is 7.89. The van der Waals surface area contributed by atoms with E-state index in [1.54, 1.807) is 30.3 Å². The predicted molar refractivity (Wildman–Crippen MR) is 95.7 cm³/mol. The van der Waals surface area contributed by atoms with Crippen LogP contribution in [-0.4, -0.2) is 37.0 Å². The maximum absolute atomic E-state index is 12.3. The molecule has 2 aliphatic rings. The zero-order chi connectivity index (χ0) is 18.1. The highest BCUT2D eigenvalue weighted by Crippen LogP contribution is 2.60. The van der Waals surface area contributed by atoms with Crippen molar-refractivity contribution in [3.8, 4) is 0 Å². The SMILES string of the molecule is Cn1cc(C(=O)N[C@@H]2[C@@H]3C[C@@](O)(c4cc(Cl)cc5[nH]ncc45)C[C@@H]32)cn1. The van der Waals surface area contributed by atoms with Crippen molar-refractivity contribution >= 4 is 28.4 Å². The van der Waals surface area contributed by atoms with Gasteiger partial charge in [0.25, 0.3) is 5.91 Å². The largest absolute Gasteiger partial charge is 0.385 e. The molecule has 2 heterocycles. The van der Waals surface area contributed by atoms with Gasteiger partial charge in [-0.25, -0.2) is 0 Å². The van der Waals surface area contributed by atoms with Crippen LogP contribution >= 0.6 is 11.6 Å². The normalized spacial score (nSPS) is 29.7. The fourth-order valence-electron chi connectivity index (χ4n) is 4.47. The quantitative estimate of drug-likeness (QED) is 0.656. The summed E-state index contributed by atoms with van der Waals surface area (Å²) in [7, 11) is 1.78. The maximum Gasteiger partial charge on any atom is 0.254 e. The Kier molecular flexibility index (Phi) is 3.24. The van der Waals surface area contributed by atoms with Crippen molar-refractivity contribution < 1.29 is 9.90 Å². The van der Waals surface area contributed by atoms with Gasteiger partial charge in [0, 0.05) is 29.7 Å². The minimum atomic E-state index is -0.933. The highest BCUT2D eigenvalue weighted by atomic mass is 35.5. The Morgan fingerprint density at radius 1 is 1.38 bits per heavy atom. The second kappa shape index (κ2) is 5.31. The molecule has 2 aliphatic carbocycles. The molecule has 0 radical (unpaired) electrons. The number of hydrogen-bond donors (Lipinski definition) is 3. The van der Waals surface area contributed by atoms with Crippen LogP contribution < -0.4 is 5.32 Å². The summed E-state index contributed by atoms with van der Waals surface area (Å²) < 4.78 is 1.61. The van der Waals surface area contributed by atoms with Crippen LogP contribution in [0.25, 0.3) is 10.9 Å². The van der Waals surface area contributed by atoms with Crippen LogP contribution in [0.3, 0.4) is 0 Å². The third-order valence-electron chi connectivity index (χ3n) is 5.77. The molecular formula is C18H18ClN5O2. The molecule has 134 valence electrons. The lowest BCUT2D eigenvalue weighted by atomic mass is 9.86. The molecule has 0 unspecified atom stereocenters. The van der Waals surface area contributed by atoms with E-state index in [1.165, 1.54) is 0 Å². The van der Waals surface area contributed by atoms with Crippen molar-refractivity contribution in [1.29, 1.82) is 0 Å². The van der Waals surface area contributed by atoms with E-state index in [-0.39, 0.29) is 23.8 Å². The highest BCUT2D eigenvalue weighted by Gasteiger charge is 2.62. The van der Waals surface area contributed by atoms with E-state index in [2.05, 4.69) is 20.6 Å². The fourth-order valence-corrected chi connectivity index (χ4v) is 4.69. The number of nitrogens with one attached hydrogen (secondary N) is 2. The molecule has 3 aromatic rings. The number of amides is 1. The first-order valence-corrected chi connectivity index (χ1v) is 8.97. The maximum atomic E-state index is 12.3. The van der Waals surface area contributed by atoms with Gasteiger partial charge in [-0.05, 0) is 42.4 Å². The molecule has 5 rings (SSSR count). The number of nitrogens with zero attached hydrogens (tertiary/aromatic N) is 3. The molecule has 0 aliphatic heterocycles. The molecule has 26 heavy (non-hydrogen) atoms. The molecule has 8 heteroatoms. The van der Waals surface area contributed by atoms with Crippen molar-refractivity contribution in [3.05, 3.63) is 46.9 Å². The summed E-state index contributed by atoms with van der Waals surface area (Å²) in [5.41, 5.74) is 1.27. The summed E-state index contributed by atoms with van der Waals surface area (Å²) in [6.45, 7) is 0. The minimum absolute atomic E-state index is 0.110. The van der Waals surface area contributed by atoms with E-state index in [0.29, 0.717) is 23.4 Å². The van der Waals surface area contributed by atoms with Crippen LogP contribution in [0.15, 0.2) is 30.7 Å². The number of aromatic nitrogens is 4. The summed E-state index contributed by atoms with van der Waals surface area (Å²) in [5.74, 6) is 0.448. The lowest BCUT2D eigenvalue weighted by Crippen LogP contribution is -2.33. The first-order valence-electron chi connectivity index (χ1n) is 8.60. The number of fused-ring (bicyclic) bond motifs is 2. The number of aromatic amines is 1. The van der Waals surface area contributed by atoms with Gasteiger partial charge in [0.1, 0.15) is 0 Å². The standard InChI is InChI=1S/C18H18ClN5O2/c1-24-8-9(6-21-24)17(25)22-16-11-4-18(26,5-12(11)16)14-2-10(19)3-15-13(14)7-20-23-15/h2-3,6-8,11-12,16,26H,4-5H2,1H3,(H,20,23)(H,22,25)/t11-,12+,16-,18+. The summed E-state index contributed by atoms with van der Waals surface area (Å²) in [5, 5.41) is 26.8. The molecular weight excluding hydrogens is 354 g/mol. The Hall–Kier alpha value is -2.38. The van der Waals surface area contributed by atoms with Gasteiger partial charge in [-0.1, -0.05) is 11.6 Å². The Bertz CT molecular complexity index is 1010. The Morgan fingerprint density at radius 2 is 2.15 bits per heavy atom. The summed E-state index contributed by atoms with van der Waals surface area (Å²) in [6, 6.07) is 3.75. The van der Waals surface area contributed by atoms with E-state index < -0.39 is 5.60 Å². The van der Waals surface area contributed by atoms with Gasteiger partial charge in [-0.3, -0.25) is 14.6 Å². The van der Waals surface area contributed by atoms with Crippen molar-refractivity contribution in [2.45, 2.75) is 24.5 Å². The number of carbonyl (C=O) groups excluding carboxylic acids is 1. The molecule has 4 atom stereocenters. The van der Waals surface area contributed by atoms with Crippen molar-refractivity contribution in [3.63, 3.8) is 0 Å². The van der Waals surface area contributed by atoms with Gasteiger partial charge >= 0.3 is 0 Å². The van der Waals surface area contributed by atoms with Gasteiger partial charge in [0.05, 0.1) is 29.1 Å². The number of benzene rings is 1. The minimum Gasteiger partial charge on any atom is -0.385 e. The van der Waals surface area contributed by atoms with E-state index in [1.807, 2.05) is 12.1 Å². The topological polar surface area (TPSA) is 95.8 Å². The van der Waals surface area contributed by atoms with Crippen molar-refractivity contribution in [1.82, 2.24) is 25.3 Å². The summed E-state index contributed by atoms with van der Waals surface area (Å²) >= 11 is 6.21. The van der Waals surface area contributed by atoms with E-state index in [0.717, 1.165) is 16.5 Å². The van der Waals surface area contributed by atoms with Crippen LogP contribution in [0.1, 0.15) is 28.8 Å². The van der Waals surface area contributed by atoms with Gasteiger partial charge in [-0.2, -0.15) is 10.2 Å². The molecule has 1 amide bonds. The average molecular weight is 372 g/mol. The number of halogens is 1. The van der Waals surface area contributed by atoms with Gasteiger partial charge in [0.15, 0.2) is 0 Å². The Morgan fingerprint density at radius 3 is 2.85 bits per heavy atom. The average Bonchev–Trinajstić information content (AvgIpc) is 3.06. The number of aryl methyl sites for hydroxylation is 1. The lowest BCUT2D eigenvalue weighted by molar-refractivity contribution is 0.0293. The predicted octanol–water partition coefficient (Wildman–Crippen LogP) is 1.98. The number of carbonyl (C=O) groups is 1. The van der Waals surface area contributed by atoms with E-state index in [9.17, 15) is 9.90 Å². The van der Waals surface area contributed by atoms with Crippen LogP contribution in [0.5, 0.6) is 0 Å². The smallest absolute Gasteiger partial charge is 0.254 e. The van der Waals surface area contributed by atoms with E-state index in [4.69, 9.17) is 11.6 Å².